The van der Waals surface area contributed by atoms with Crippen LogP contribution in [-0.2, 0) is 16.1 Å². The molecule has 1 aliphatic rings. The fourth-order valence-corrected chi connectivity index (χ4v) is 6.42. The number of fused-ring (bicyclic) bond motifs is 1. The van der Waals surface area contributed by atoms with Gasteiger partial charge in [-0.2, -0.15) is 5.10 Å². The Morgan fingerprint density at radius 1 is 1.05 bits per heavy atom. The van der Waals surface area contributed by atoms with Crippen LogP contribution < -0.4 is 10.2 Å². The lowest BCUT2D eigenvalue weighted by molar-refractivity contribution is -0.123. The number of hydrogen-bond acceptors (Lipinski definition) is 5. The highest BCUT2D eigenvalue weighted by molar-refractivity contribution is 8.00. The molecule has 0 aliphatic carbocycles. The Balaban J connectivity index is 1.55. The summed E-state index contributed by atoms with van der Waals surface area (Å²) in [5.74, 6) is 0.853. The van der Waals surface area contributed by atoms with Crippen molar-refractivity contribution in [3.63, 3.8) is 0 Å². The van der Waals surface area contributed by atoms with Gasteiger partial charge in [-0.05, 0) is 36.8 Å². The van der Waals surface area contributed by atoms with E-state index in [1.807, 2.05) is 54.6 Å². The highest BCUT2D eigenvalue weighted by Gasteiger charge is 2.38. The number of furan rings is 1. The monoisotopic (exact) mass is 582 g/mol. The molecular weight excluding hydrogens is 556 g/mol. The Hall–Kier alpha value is -4.27. The Kier molecular flexibility index (Phi) is 7.67. The lowest BCUT2D eigenvalue weighted by atomic mass is 9.98. The number of thioether (sulfide) groups is 1. The van der Waals surface area contributed by atoms with Crippen molar-refractivity contribution in [2.24, 2.45) is 0 Å². The minimum absolute atomic E-state index is 0.183. The molecule has 1 aliphatic heterocycles. The van der Waals surface area contributed by atoms with E-state index in [1.165, 1.54) is 11.8 Å². The number of benzene rings is 3. The SMILES string of the molecule is Cc1cccc(C2SCC(=O)N(CC(=O)NCc3ccco3)c3c2c(-c2ccccc2)nn3-c2ccccc2Cl)c1. The van der Waals surface area contributed by atoms with Crippen molar-refractivity contribution in [2.45, 2.75) is 18.7 Å². The highest BCUT2D eigenvalue weighted by atomic mass is 35.5. The second-order valence-corrected chi connectivity index (χ2v) is 11.3. The van der Waals surface area contributed by atoms with Crippen LogP contribution in [0.15, 0.2) is 102 Å². The zero-order valence-corrected chi connectivity index (χ0v) is 23.9. The summed E-state index contributed by atoms with van der Waals surface area (Å²) in [6.07, 6.45) is 1.56. The molecule has 7 nitrogen and oxygen atoms in total. The van der Waals surface area contributed by atoms with E-state index >= 15 is 0 Å². The number of aryl methyl sites for hydroxylation is 1. The van der Waals surface area contributed by atoms with Gasteiger partial charge in [0.1, 0.15) is 18.1 Å². The number of hydrogen-bond donors (Lipinski definition) is 1. The minimum atomic E-state index is -0.312. The van der Waals surface area contributed by atoms with Crippen LogP contribution >= 0.6 is 23.4 Å². The normalized spacial score (nSPS) is 14.9. The molecule has 0 radical (unpaired) electrons. The van der Waals surface area contributed by atoms with Crippen molar-refractivity contribution in [1.82, 2.24) is 15.1 Å². The number of para-hydroxylation sites is 1. The van der Waals surface area contributed by atoms with E-state index in [0.717, 1.165) is 27.9 Å². The molecule has 1 N–H and O–H groups in total. The molecule has 0 bridgehead atoms. The highest BCUT2D eigenvalue weighted by Crippen LogP contribution is 2.49. The molecule has 0 saturated carbocycles. The van der Waals surface area contributed by atoms with Gasteiger partial charge in [0, 0.05) is 11.1 Å². The van der Waals surface area contributed by atoms with Crippen LogP contribution in [0.25, 0.3) is 16.9 Å². The summed E-state index contributed by atoms with van der Waals surface area (Å²) in [7, 11) is 0. The molecule has 1 unspecified atom stereocenters. The number of halogens is 1. The molecule has 0 spiro atoms. The van der Waals surface area contributed by atoms with E-state index < -0.39 is 0 Å². The molecule has 3 aromatic carbocycles. The van der Waals surface area contributed by atoms with Gasteiger partial charge in [-0.15, -0.1) is 11.8 Å². The maximum atomic E-state index is 13.8. The molecule has 206 valence electrons. The summed E-state index contributed by atoms with van der Waals surface area (Å²) < 4.78 is 7.07. The largest absolute Gasteiger partial charge is 0.467 e. The minimum Gasteiger partial charge on any atom is -0.467 e. The molecule has 3 heterocycles. The molecular formula is C32H27ClN4O3S. The van der Waals surface area contributed by atoms with Gasteiger partial charge >= 0.3 is 0 Å². The Bertz CT molecular complexity index is 1700. The molecule has 5 aromatic rings. The third kappa shape index (κ3) is 5.53. The number of aromatic nitrogens is 2. The standard InChI is InChI=1S/C32H27ClN4O3S/c1-21-9-7-12-23(17-21)31-29-30(22-10-3-2-4-11-22)35-37(26-15-6-5-14-25(26)33)32(29)36(28(39)20-41-31)19-27(38)34-18-24-13-8-16-40-24/h2-17,31H,18-20H2,1H3,(H,34,38). The molecule has 6 rings (SSSR count). The maximum Gasteiger partial charge on any atom is 0.240 e. The third-order valence-electron chi connectivity index (χ3n) is 6.90. The van der Waals surface area contributed by atoms with E-state index in [0.29, 0.717) is 22.3 Å². The van der Waals surface area contributed by atoms with Crippen molar-refractivity contribution in [3.05, 3.63) is 125 Å². The lowest BCUT2D eigenvalue weighted by Crippen LogP contribution is -2.42. The van der Waals surface area contributed by atoms with Crippen molar-refractivity contribution in [1.29, 1.82) is 0 Å². The first-order valence-electron chi connectivity index (χ1n) is 13.2. The zero-order valence-electron chi connectivity index (χ0n) is 22.3. The maximum absolute atomic E-state index is 13.8. The van der Waals surface area contributed by atoms with Crippen LogP contribution in [0.4, 0.5) is 5.82 Å². The molecule has 2 aromatic heterocycles. The molecule has 41 heavy (non-hydrogen) atoms. The van der Waals surface area contributed by atoms with Crippen LogP contribution in [0.5, 0.6) is 0 Å². The number of nitrogens with zero attached hydrogens (tertiary/aromatic N) is 3. The van der Waals surface area contributed by atoms with Crippen LogP contribution in [0, 0.1) is 6.92 Å². The average molecular weight is 583 g/mol. The van der Waals surface area contributed by atoms with E-state index in [1.54, 1.807) is 34.0 Å². The molecule has 1 atom stereocenters. The second-order valence-electron chi connectivity index (χ2n) is 9.76. The zero-order chi connectivity index (χ0) is 28.3. The number of amides is 2. The van der Waals surface area contributed by atoms with Crippen molar-refractivity contribution < 1.29 is 14.0 Å². The van der Waals surface area contributed by atoms with Crippen LogP contribution in [0.2, 0.25) is 5.02 Å². The van der Waals surface area contributed by atoms with Gasteiger partial charge in [-0.25, -0.2) is 4.68 Å². The van der Waals surface area contributed by atoms with Crippen molar-refractivity contribution in [3.8, 4) is 16.9 Å². The third-order valence-corrected chi connectivity index (χ3v) is 8.48. The fraction of sp³-hybridized carbons (Fsp3) is 0.156. The van der Waals surface area contributed by atoms with Crippen LogP contribution in [0.1, 0.15) is 27.7 Å². The lowest BCUT2D eigenvalue weighted by Gasteiger charge is -2.23. The van der Waals surface area contributed by atoms with Gasteiger partial charge in [0.15, 0.2) is 0 Å². The van der Waals surface area contributed by atoms with Gasteiger partial charge in [-0.3, -0.25) is 14.5 Å². The first-order valence-corrected chi connectivity index (χ1v) is 14.6. The summed E-state index contributed by atoms with van der Waals surface area (Å²) in [6.45, 7) is 2.09. The summed E-state index contributed by atoms with van der Waals surface area (Å²) in [5.41, 5.74) is 5.30. The van der Waals surface area contributed by atoms with Gasteiger partial charge in [0.05, 0.1) is 40.2 Å². The average Bonchev–Trinajstić information content (AvgIpc) is 3.61. The second kappa shape index (κ2) is 11.7. The van der Waals surface area contributed by atoms with Gasteiger partial charge < -0.3 is 9.73 Å². The van der Waals surface area contributed by atoms with Crippen LogP contribution in [0.3, 0.4) is 0 Å². The molecule has 0 saturated heterocycles. The van der Waals surface area contributed by atoms with E-state index in [2.05, 4.69) is 30.4 Å². The molecule has 9 heteroatoms. The van der Waals surface area contributed by atoms with Crippen LogP contribution in [-0.4, -0.2) is 33.9 Å². The summed E-state index contributed by atoms with van der Waals surface area (Å²) in [4.78, 5) is 28.6. The number of rotatable bonds is 7. The number of carbonyl (C=O) groups is 2. The summed E-state index contributed by atoms with van der Waals surface area (Å²) >= 11 is 8.25. The summed E-state index contributed by atoms with van der Waals surface area (Å²) in [6, 6.07) is 29.1. The predicted molar refractivity (Wildman–Crippen MR) is 162 cm³/mol. The Morgan fingerprint density at radius 2 is 1.85 bits per heavy atom. The Labute approximate surface area is 247 Å². The first-order chi connectivity index (χ1) is 20.0. The quantitative estimate of drug-likeness (QED) is 0.234. The van der Waals surface area contributed by atoms with E-state index in [9.17, 15) is 9.59 Å². The van der Waals surface area contributed by atoms with Gasteiger partial charge in [0.25, 0.3) is 0 Å². The number of nitrogens with one attached hydrogen (secondary N) is 1. The van der Waals surface area contributed by atoms with E-state index in [4.69, 9.17) is 21.1 Å². The number of carbonyl (C=O) groups excluding carboxylic acids is 2. The molecule has 0 fully saturated rings. The number of anilines is 1. The topological polar surface area (TPSA) is 80.4 Å². The fourth-order valence-electron chi connectivity index (χ4n) is 5.01. The predicted octanol–water partition coefficient (Wildman–Crippen LogP) is 6.58. The summed E-state index contributed by atoms with van der Waals surface area (Å²) in [5, 5.41) is 8.24. The smallest absolute Gasteiger partial charge is 0.240 e. The van der Waals surface area contributed by atoms with Crippen molar-refractivity contribution >= 4 is 41.0 Å². The van der Waals surface area contributed by atoms with E-state index in [-0.39, 0.29) is 35.9 Å². The molecule has 2 amide bonds. The van der Waals surface area contributed by atoms with Gasteiger partial charge in [-0.1, -0.05) is 83.9 Å². The van der Waals surface area contributed by atoms with Gasteiger partial charge in [0.2, 0.25) is 11.8 Å². The first kappa shape index (κ1) is 26.9. The Morgan fingerprint density at radius 3 is 2.61 bits per heavy atom. The van der Waals surface area contributed by atoms with Crippen molar-refractivity contribution in [2.75, 3.05) is 17.2 Å².